The van der Waals surface area contributed by atoms with Crippen molar-refractivity contribution in [2.24, 2.45) is 23.7 Å². The van der Waals surface area contributed by atoms with Crippen LogP contribution >= 0.6 is 0 Å². The van der Waals surface area contributed by atoms with E-state index >= 15 is 0 Å². The molecule has 0 spiro atoms. The molecule has 1 aliphatic heterocycles. The number of benzene rings is 1. The summed E-state index contributed by atoms with van der Waals surface area (Å²) in [6.07, 6.45) is -0.787. The van der Waals surface area contributed by atoms with Gasteiger partial charge in [-0.1, -0.05) is 92.1 Å². The van der Waals surface area contributed by atoms with Gasteiger partial charge in [0.1, 0.15) is 24.8 Å². The molecule has 1 aliphatic rings. The Labute approximate surface area is 453 Å². The van der Waals surface area contributed by atoms with E-state index in [2.05, 4.69) is 10.6 Å². The zero-order chi connectivity index (χ0) is 57.4. The number of likely N-dealkylation sites (tertiary alicyclic amines) is 1. The topological polar surface area (TPSA) is 232 Å². The van der Waals surface area contributed by atoms with Gasteiger partial charge >= 0.3 is 11.9 Å². The fourth-order valence-corrected chi connectivity index (χ4v) is 10.0. The van der Waals surface area contributed by atoms with Crippen LogP contribution in [0, 0.1) is 23.7 Å². The molecule has 3 N–H and O–H groups in total. The van der Waals surface area contributed by atoms with Gasteiger partial charge in [-0.15, -0.1) is 0 Å². The number of likely N-dealkylation sites (N-methyl/N-ethyl adjacent to an activating group) is 3. The minimum atomic E-state index is -1.06. The zero-order valence-electron chi connectivity index (χ0n) is 48.7. The Morgan fingerprint density at radius 3 is 2.01 bits per heavy atom. The van der Waals surface area contributed by atoms with Gasteiger partial charge in [0.2, 0.25) is 29.5 Å². The van der Waals surface area contributed by atoms with Crippen LogP contribution in [0.5, 0.6) is 0 Å². The van der Waals surface area contributed by atoms with E-state index in [-0.39, 0.29) is 93.2 Å². The van der Waals surface area contributed by atoms with E-state index in [4.69, 9.17) is 28.4 Å². The van der Waals surface area contributed by atoms with Gasteiger partial charge in [0.15, 0.2) is 6.29 Å². The zero-order valence-corrected chi connectivity index (χ0v) is 48.7. The van der Waals surface area contributed by atoms with Crippen LogP contribution in [0.2, 0.25) is 0 Å². The molecule has 76 heavy (non-hydrogen) atoms. The highest BCUT2D eigenvalue weighted by molar-refractivity contribution is 5.90. The summed E-state index contributed by atoms with van der Waals surface area (Å²) in [4.78, 5) is 103. The summed E-state index contributed by atoms with van der Waals surface area (Å²) in [6.45, 7) is 17.0. The first-order chi connectivity index (χ1) is 35.9. The Bertz CT molecular complexity index is 1930. The minimum Gasteiger partial charge on any atom is -0.460 e. The van der Waals surface area contributed by atoms with Crippen LogP contribution in [0.15, 0.2) is 30.3 Å². The van der Waals surface area contributed by atoms with Gasteiger partial charge in [0, 0.05) is 61.2 Å². The molecule has 1 saturated heterocycles. The fourth-order valence-electron chi connectivity index (χ4n) is 10.0. The molecule has 12 atom stereocenters. The van der Waals surface area contributed by atoms with Crippen molar-refractivity contribution in [3.05, 3.63) is 35.9 Å². The molecule has 0 bridgehead atoms. The van der Waals surface area contributed by atoms with E-state index in [1.54, 1.807) is 37.7 Å². The largest absolute Gasteiger partial charge is 0.460 e. The number of hydrogen-bond donors (Lipinski definition) is 3. The van der Waals surface area contributed by atoms with E-state index in [0.29, 0.717) is 32.2 Å². The molecule has 1 aromatic carbocycles. The smallest absolute Gasteiger partial charge is 0.329 e. The van der Waals surface area contributed by atoms with Crippen molar-refractivity contribution in [1.82, 2.24) is 30.2 Å². The van der Waals surface area contributed by atoms with Gasteiger partial charge in [-0.3, -0.25) is 33.7 Å². The summed E-state index contributed by atoms with van der Waals surface area (Å²) in [6, 6.07) is 5.91. The third-order valence-corrected chi connectivity index (χ3v) is 14.6. The molecule has 20 heteroatoms. The van der Waals surface area contributed by atoms with Crippen molar-refractivity contribution in [3.63, 3.8) is 0 Å². The Morgan fingerprint density at radius 1 is 0.816 bits per heavy atom. The summed E-state index contributed by atoms with van der Waals surface area (Å²) in [5.41, 5.74) is 0.789. The van der Waals surface area contributed by atoms with Crippen molar-refractivity contribution in [2.45, 2.75) is 181 Å². The fraction of sp³-hybridized carbons (Fsp3) is 0.768. The number of ether oxygens (including phenoxy) is 6. The lowest BCUT2D eigenvalue weighted by molar-refractivity contribution is -0.194. The Kier molecular flexibility index (Phi) is 30.3. The monoisotopic (exact) mass is 1080 g/mol. The highest BCUT2D eigenvalue weighted by atomic mass is 16.7. The number of aliphatic hydroxyl groups is 1. The number of rotatable bonds is 35. The first-order valence-corrected chi connectivity index (χ1v) is 27.2. The summed E-state index contributed by atoms with van der Waals surface area (Å²) in [5, 5.41) is 15.2. The molecule has 1 fully saturated rings. The molecule has 3 unspecified atom stereocenters. The van der Waals surface area contributed by atoms with Gasteiger partial charge in [0.05, 0.1) is 61.9 Å². The number of nitrogens with zero attached hydrogens (tertiary/aromatic N) is 4. The van der Waals surface area contributed by atoms with Crippen LogP contribution in [-0.2, 0) is 68.4 Å². The predicted octanol–water partition coefficient (Wildman–Crippen LogP) is 4.22. The molecular weight excluding hydrogens is 981 g/mol. The highest BCUT2D eigenvalue weighted by Gasteiger charge is 2.44. The molecule has 0 saturated carbocycles. The maximum atomic E-state index is 14.6. The van der Waals surface area contributed by atoms with Crippen LogP contribution < -0.4 is 10.6 Å². The van der Waals surface area contributed by atoms with Crippen molar-refractivity contribution < 1.29 is 67.1 Å². The second-order valence-corrected chi connectivity index (χ2v) is 21.2. The van der Waals surface area contributed by atoms with Crippen molar-refractivity contribution >= 4 is 41.5 Å². The Morgan fingerprint density at radius 2 is 1.47 bits per heavy atom. The molecule has 5 amide bonds. The number of carbonyl (C=O) groups excluding carboxylic acids is 7. The summed E-state index contributed by atoms with van der Waals surface area (Å²) in [5.74, 6) is -3.81. The van der Waals surface area contributed by atoms with Crippen LogP contribution in [0.25, 0.3) is 0 Å². The molecular formula is C56H96N6O14. The van der Waals surface area contributed by atoms with Crippen molar-refractivity contribution in [3.8, 4) is 0 Å². The lowest BCUT2D eigenvalue weighted by atomic mass is 9.89. The summed E-state index contributed by atoms with van der Waals surface area (Å²) < 4.78 is 34.0. The van der Waals surface area contributed by atoms with E-state index in [1.807, 2.05) is 97.8 Å². The second-order valence-electron chi connectivity index (χ2n) is 21.2. The minimum absolute atomic E-state index is 0.00755. The van der Waals surface area contributed by atoms with Gasteiger partial charge in [-0.2, -0.15) is 0 Å². The number of methoxy groups -OCH3 is 3. The van der Waals surface area contributed by atoms with Gasteiger partial charge in [-0.05, 0) is 70.0 Å². The number of carbonyl (C=O) groups is 7. The van der Waals surface area contributed by atoms with Crippen molar-refractivity contribution in [2.75, 3.05) is 75.8 Å². The standard InChI is InChI=1S/C56H96N6O14/c1-17-37(7)51(61(13)55(69)49(35(3)4)58-53(67)50(36(5)6)59(10)11)44(71-14)31-46(65)62-29-23-26-42(62)52(73-16)39(9)54(68)60(12)43(30-40-24-20-19-21-25-40)56(70)75-38(8)32-57-45(64)27-22-28-47(66)74-34-48(72-15)76-41(18-2)33-63/h19-21,24-25,35-39,41-44,48-52,63H,17-18,22-23,26-34H2,1-16H3,(H,57,64)(H,58,67)/t37-,38?,39+,41?,42-,43-,44+,48?,49-,50-,51-,52+/m0/s1. The second kappa shape index (κ2) is 34.2. The number of nitrogens with one attached hydrogen (secondary N) is 2. The average molecular weight is 1080 g/mol. The number of aliphatic hydroxyl groups excluding tert-OH is 1. The summed E-state index contributed by atoms with van der Waals surface area (Å²) in [7, 11) is 11.4. The molecule has 0 radical (unpaired) electrons. The Balaban J connectivity index is 2.21. The third-order valence-electron chi connectivity index (χ3n) is 14.6. The van der Waals surface area contributed by atoms with Gasteiger partial charge in [0.25, 0.3) is 0 Å². The normalized spacial score (nSPS) is 18.1. The first kappa shape index (κ1) is 67.4. The molecule has 1 aromatic rings. The molecule has 2 rings (SSSR count). The molecule has 1 heterocycles. The van der Waals surface area contributed by atoms with Crippen LogP contribution in [0.3, 0.4) is 0 Å². The SMILES string of the molecule is CCC(CO)OC(COC(=O)CCCC(=O)NCC(C)OC(=O)[C@H](Cc1ccccc1)N(C)C(=O)[C@H](C)[C@@H](OC)[C@@H]1CCCN1C(=O)C[C@@H](OC)[C@H]([C@@H](C)CC)N(C)C(=O)[C@@H](NC(=O)[C@H](C(C)C)N(C)C)C(C)C)OC. The molecule has 20 nitrogen and oxygen atoms in total. The van der Waals surface area contributed by atoms with E-state index < -0.39 is 84.7 Å². The molecule has 0 aliphatic carbocycles. The van der Waals surface area contributed by atoms with Crippen LogP contribution in [0.4, 0.5) is 0 Å². The van der Waals surface area contributed by atoms with Gasteiger partial charge < -0.3 is 58.9 Å². The van der Waals surface area contributed by atoms with Crippen LogP contribution in [0.1, 0.15) is 119 Å². The lowest BCUT2D eigenvalue weighted by Gasteiger charge is -2.41. The van der Waals surface area contributed by atoms with E-state index in [9.17, 15) is 38.7 Å². The average Bonchev–Trinajstić information content (AvgIpc) is 3.87. The van der Waals surface area contributed by atoms with Crippen molar-refractivity contribution in [1.29, 1.82) is 0 Å². The van der Waals surface area contributed by atoms with E-state index in [1.165, 1.54) is 26.2 Å². The number of hydrogen-bond acceptors (Lipinski definition) is 15. The molecule has 434 valence electrons. The first-order valence-electron chi connectivity index (χ1n) is 27.2. The quantitative estimate of drug-likeness (QED) is 0.0638. The maximum Gasteiger partial charge on any atom is 0.329 e. The van der Waals surface area contributed by atoms with Crippen LogP contribution in [-0.4, -0.2) is 203 Å². The van der Waals surface area contributed by atoms with E-state index in [0.717, 1.165) is 5.56 Å². The maximum absolute atomic E-state index is 14.6. The summed E-state index contributed by atoms with van der Waals surface area (Å²) >= 11 is 0. The number of esters is 2. The van der Waals surface area contributed by atoms with Gasteiger partial charge in [-0.25, -0.2) is 4.79 Å². The Hall–Kier alpha value is -4.73. The third kappa shape index (κ3) is 20.6. The highest BCUT2D eigenvalue weighted by Crippen LogP contribution is 2.31. The number of amides is 5. The predicted molar refractivity (Wildman–Crippen MR) is 288 cm³/mol. The lowest BCUT2D eigenvalue weighted by Crippen LogP contribution is -2.59. The molecule has 0 aromatic heterocycles.